The van der Waals surface area contributed by atoms with E-state index >= 15 is 0 Å². The summed E-state index contributed by atoms with van der Waals surface area (Å²) in [5, 5.41) is 8.55. The van der Waals surface area contributed by atoms with Gasteiger partial charge in [-0.3, -0.25) is 15.1 Å². The molecule has 3 rings (SSSR count). The van der Waals surface area contributed by atoms with E-state index in [2.05, 4.69) is 25.9 Å². The third-order valence-corrected chi connectivity index (χ3v) is 4.68. The van der Waals surface area contributed by atoms with Crippen molar-refractivity contribution in [1.29, 1.82) is 0 Å². The number of amides is 3. The highest BCUT2D eigenvalue weighted by Crippen LogP contribution is 2.30. The van der Waals surface area contributed by atoms with Gasteiger partial charge in [0.05, 0.1) is 16.6 Å². The molecule has 0 radical (unpaired) electrons. The average molecular weight is 369 g/mol. The molecule has 0 spiro atoms. The minimum atomic E-state index is -0.261. The second-order valence-electron chi connectivity index (χ2n) is 5.57. The topological polar surface area (TPSA) is 96.0 Å². The Kier molecular flexibility index (Phi) is 5.43. The van der Waals surface area contributed by atoms with Crippen LogP contribution in [0.3, 0.4) is 0 Å². The molecule has 0 saturated heterocycles. The van der Waals surface area contributed by atoms with E-state index in [0.717, 1.165) is 27.0 Å². The van der Waals surface area contributed by atoms with Gasteiger partial charge in [-0.1, -0.05) is 23.5 Å². The van der Waals surface area contributed by atoms with Gasteiger partial charge in [-0.2, -0.15) is 0 Å². The number of aromatic nitrogens is 2. The average Bonchev–Trinajstić information content (AvgIpc) is 3.03. The zero-order valence-electron chi connectivity index (χ0n) is 14.5. The van der Waals surface area contributed by atoms with Crippen molar-refractivity contribution < 1.29 is 9.59 Å². The quantitative estimate of drug-likeness (QED) is 0.644. The van der Waals surface area contributed by atoms with E-state index in [1.807, 2.05) is 37.3 Å². The number of benzene rings is 1. The molecule has 0 atom stereocenters. The maximum Gasteiger partial charge on any atom is 0.321 e. The van der Waals surface area contributed by atoms with Gasteiger partial charge >= 0.3 is 6.03 Å². The molecule has 0 aliphatic heterocycles. The zero-order valence-corrected chi connectivity index (χ0v) is 15.3. The van der Waals surface area contributed by atoms with Crippen LogP contribution in [0.2, 0.25) is 0 Å². The molecular formula is C18H19N5O2S. The van der Waals surface area contributed by atoms with E-state index in [0.29, 0.717) is 11.7 Å². The Balaban J connectivity index is 1.80. The molecule has 0 unspecified atom stereocenters. The summed E-state index contributed by atoms with van der Waals surface area (Å²) in [7, 11) is 1.61. The number of thiazole rings is 1. The lowest BCUT2D eigenvalue weighted by molar-refractivity contribution is -0.120. The van der Waals surface area contributed by atoms with Gasteiger partial charge in [0.25, 0.3) is 0 Å². The van der Waals surface area contributed by atoms with Crippen LogP contribution in [-0.4, -0.2) is 35.5 Å². The normalized spacial score (nSPS) is 10.5. The number of hydrogen-bond acceptors (Lipinski definition) is 5. The predicted octanol–water partition coefficient (Wildman–Crippen LogP) is 2.79. The lowest BCUT2D eigenvalue weighted by Gasteiger charge is -2.03. The minimum absolute atomic E-state index is 0.0683. The Morgan fingerprint density at radius 2 is 1.96 bits per heavy atom. The van der Waals surface area contributed by atoms with E-state index in [-0.39, 0.29) is 18.4 Å². The van der Waals surface area contributed by atoms with E-state index in [1.54, 1.807) is 13.2 Å². The van der Waals surface area contributed by atoms with Crippen LogP contribution in [0.1, 0.15) is 12.6 Å². The number of carbonyl (C=O) groups excluding carboxylic acids is 2. The SMILES string of the molecule is CCNC(=O)Nc1nc2cc(-c3ccc(CC(=O)NC)nc3)ccc2s1. The van der Waals surface area contributed by atoms with E-state index in [4.69, 9.17) is 0 Å². The molecule has 0 aliphatic rings. The van der Waals surface area contributed by atoms with Gasteiger partial charge in [-0.15, -0.1) is 0 Å². The molecule has 8 heteroatoms. The number of anilines is 1. The Morgan fingerprint density at radius 3 is 2.65 bits per heavy atom. The highest BCUT2D eigenvalue weighted by Gasteiger charge is 2.09. The summed E-state index contributed by atoms with van der Waals surface area (Å²) in [6, 6.07) is 9.45. The standard InChI is InChI=1S/C18H19N5O2S/c1-3-20-17(25)23-18-22-14-8-11(5-7-15(14)26-18)12-4-6-13(21-10-12)9-16(24)19-2/h4-8,10H,3,9H2,1-2H3,(H,19,24)(H2,20,22,23,25). The first kappa shape index (κ1) is 17.8. The number of carbonyl (C=O) groups is 2. The smallest absolute Gasteiger partial charge is 0.321 e. The molecule has 0 fully saturated rings. The van der Waals surface area contributed by atoms with Gasteiger partial charge < -0.3 is 10.6 Å². The summed E-state index contributed by atoms with van der Waals surface area (Å²) in [4.78, 5) is 31.8. The summed E-state index contributed by atoms with van der Waals surface area (Å²) in [6.07, 6.45) is 2.01. The van der Waals surface area contributed by atoms with Gasteiger partial charge in [-0.05, 0) is 30.7 Å². The maximum absolute atomic E-state index is 11.6. The van der Waals surface area contributed by atoms with Crippen molar-refractivity contribution in [3.8, 4) is 11.1 Å². The van der Waals surface area contributed by atoms with Crippen molar-refractivity contribution in [2.24, 2.45) is 0 Å². The van der Waals surface area contributed by atoms with Crippen LogP contribution in [0.5, 0.6) is 0 Å². The van der Waals surface area contributed by atoms with E-state index in [1.165, 1.54) is 11.3 Å². The monoisotopic (exact) mass is 369 g/mol. The van der Waals surface area contributed by atoms with Gasteiger partial charge in [0.2, 0.25) is 5.91 Å². The first-order chi connectivity index (χ1) is 12.6. The fraction of sp³-hybridized carbons (Fsp3) is 0.222. The summed E-state index contributed by atoms with van der Waals surface area (Å²) >= 11 is 1.42. The van der Waals surface area contributed by atoms with Gasteiger partial charge in [0.1, 0.15) is 0 Å². The third-order valence-electron chi connectivity index (χ3n) is 3.72. The van der Waals surface area contributed by atoms with Crippen molar-refractivity contribution in [2.75, 3.05) is 18.9 Å². The van der Waals surface area contributed by atoms with Crippen molar-refractivity contribution in [3.05, 3.63) is 42.2 Å². The minimum Gasteiger partial charge on any atom is -0.359 e. The number of fused-ring (bicyclic) bond motifs is 1. The fourth-order valence-corrected chi connectivity index (χ4v) is 3.26. The summed E-state index contributed by atoms with van der Waals surface area (Å²) < 4.78 is 0.991. The van der Waals surface area contributed by atoms with Gasteiger partial charge in [-0.25, -0.2) is 9.78 Å². The number of hydrogen-bond donors (Lipinski definition) is 3. The maximum atomic E-state index is 11.6. The first-order valence-electron chi connectivity index (χ1n) is 8.20. The van der Waals surface area contributed by atoms with Crippen LogP contribution in [-0.2, 0) is 11.2 Å². The summed E-state index contributed by atoms with van der Waals surface area (Å²) in [5.41, 5.74) is 3.45. The number of urea groups is 1. The molecule has 3 aromatic rings. The molecule has 7 nitrogen and oxygen atoms in total. The zero-order chi connectivity index (χ0) is 18.5. The van der Waals surface area contributed by atoms with Crippen molar-refractivity contribution in [3.63, 3.8) is 0 Å². The van der Waals surface area contributed by atoms with E-state index < -0.39 is 0 Å². The molecule has 2 aromatic heterocycles. The number of likely N-dealkylation sites (N-methyl/N-ethyl adjacent to an activating group) is 1. The Hall–Kier alpha value is -3.00. The first-order valence-corrected chi connectivity index (χ1v) is 9.02. The third kappa shape index (κ3) is 4.15. The Morgan fingerprint density at radius 1 is 1.15 bits per heavy atom. The van der Waals surface area contributed by atoms with Crippen LogP contribution >= 0.6 is 11.3 Å². The fourth-order valence-electron chi connectivity index (χ4n) is 2.42. The van der Waals surface area contributed by atoms with Crippen molar-refractivity contribution >= 4 is 38.6 Å². The molecule has 0 bridgehead atoms. The van der Waals surface area contributed by atoms with E-state index in [9.17, 15) is 9.59 Å². The van der Waals surface area contributed by atoms with Gasteiger partial charge in [0, 0.05) is 31.0 Å². The molecule has 26 heavy (non-hydrogen) atoms. The summed E-state index contributed by atoms with van der Waals surface area (Å²) in [5.74, 6) is -0.0683. The molecule has 3 amide bonds. The number of rotatable bonds is 5. The van der Waals surface area contributed by atoms with Gasteiger partial charge in [0.15, 0.2) is 5.13 Å². The van der Waals surface area contributed by atoms with Crippen molar-refractivity contribution in [2.45, 2.75) is 13.3 Å². The predicted molar refractivity (Wildman–Crippen MR) is 103 cm³/mol. The number of nitrogens with zero attached hydrogens (tertiary/aromatic N) is 2. The van der Waals surface area contributed by atoms with Crippen LogP contribution in [0.25, 0.3) is 21.3 Å². The van der Waals surface area contributed by atoms with Crippen LogP contribution in [0.15, 0.2) is 36.5 Å². The van der Waals surface area contributed by atoms with Crippen molar-refractivity contribution in [1.82, 2.24) is 20.6 Å². The molecule has 0 aliphatic carbocycles. The largest absolute Gasteiger partial charge is 0.359 e. The summed E-state index contributed by atoms with van der Waals surface area (Å²) in [6.45, 7) is 2.42. The second kappa shape index (κ2) is 7.92. The number of nitrogens with one attached hydrogen (secondary N) is 3. The second-order valence-corrected chi connectivity index (χ2v) is 6.60. The van der Waals surface area contributed by atoms with Crippen LogP contribution in [0.4, 0.5) is 9.93 Å². The lowest BCUT2D eigenvalue weighted by Crippen LogP contribution is -2.28. The molecular weight excluding hydrogens is 350 g/mol. The molecule has 134 valence electrons. The number of pyridine rings is 1. The Labute approximate surface area is 154 Å². The molecule has 0 saturated carbocycles. The van der Waals surface area contributed by atoms with Crippen LogP contribution in [0, 0.1) is 0 Å². The lowest BCUT2D eigenvalue weighted by atomic mass is 10.1. The molecule has 3 N–H and O–H groups in total. The molecule has 1 aromatic carbocycles. The molecule has 2 heterocycles. The highest BCUT2D eigenvalue weighted by molar-refractivity contribution is 7.22. The van der Waals surface area contributed by atoms with Crippen LogP contribution < -0.4 is 16.0 Å². The highest BCUT2D eigenvalue weighted by atomic mass is 32.1. The Bertz CT molecular complexity index is 936.